The Bertz CT molecular complexity index is 959. The molecule has 1 aliphatic carbocycles. The van der Waals surface area contributed by atoms with E-state index in [1.807, 2.05) is 18.4 Å². The zero-order chi connectivity index (χ0) is 18.6. The zero-order valence-electron chi connectivity index (χ0n) is 15.5. The second-order valence-electron chi connectivity index (χ2n) is 7.66. The minimum atomic E-state index is -1.15. The van der Waals surface area contributed by atoms with Gasteiger partial charge in [-0.15, -0.1) is 0 Å². The van der Waals surface area contributed by atoms with E-state index in [1.54, 1.807) is 6.20 Å². The number of carbonyl (C=O) groups is 1. The molecule has 26 heavy (non-hydrogen) atoms. The van der Waals surface area contributed by atoms with Crippen molar-refractivity contribution in [1.82, 2.24) is 9.88 Å². The highest BCUT2D eigenvalue weighted by Gasteiger charge is 2.29. The molecule has 1 atom stereocenters. The number of aromatic carboxylic acids is 1. The van der Waals surface area contributed by atoms with Crippen LogP contribution in [-0.4, -0.2) is 41.3 Å². The fourth-order valence-electron chi connectivity index (χ4n) is 4.06. The van der Waals surface area contributed by atoms with Crippen molar-refractivity contribution in [3.05, 3.63) is 39.2 Å². The highest BCUT2D eigenvalue weighted by atomic mass is 16.4. The molecule has 2 heterocycles. The molecule has 2 fully saturated rings. The Morgan fingerprint density at radius 1 is 1.27 bits per heavy atom. The van der Waals surface area contributed by atoms with Gasteiger partial charge < -0.3 is 19.9 Å². The number of nitrogens with one attached hydrogen (secondary N) is 1. The maximum Gasteiger partial charge on any atom is 0.341 e. The van der Waals surface area contributed by atoms with E-state index >= 15 is 0 Å². The van der Waals surface area contributed by atoms with E-state index in [4.69, 9.17) is 0 Å². The van der Waals surface area contributed by atoms with Gasteiger partial charge in [-0.05, 0) is 50.8 Å². The molecule has 0 amide bonds. The third kappa shape index (κ3) is 2.69. The van der Waals surface area contributed by atoms with Crippen molar-refractivity contribution < 1.29 is 9.90 Å². The fraction of sp³-hybridized carbons (Fsp3) is 0.500. The second-order valence-corrected chi connectivity index (χ2v) is 7.66. The maximum atomic E-state index is 12.9. The van der Waals surface area contributed by atoms with Crippen LogP contribution in [0.3, 0.4) is 0 Å². The van der Waals surface area contributed by atoms with Crippen molar-refractivity contribution in [2.24, 2.45) is 0 Å². The quantitative estimate of drug-likeness (QED) is 0.885. The first kappa shape index (κ1) is 17.1. The number of rotatable bonds is 3. The Labute approximate surface area is 152 Å². The summed E-state index contributed by atoms with van der Waals surface area (Å²) in [4.78, 5) is 26.8. The van der Waals surface area contributed by atoms with Crippen molar-refractivity contribution in [2.45, 2.75) is 45.7 Å². The molecular formula is C20H25N3O3. The normalized spacial score (nSPS) is 20.6. The molecule has 0 bridgehead atoms. The average molecular weight is 355 g/mol. The molecule has 1 saturated heterocycles. The molecule has 1 aromatic heterocycles. The molecule has 2 aromatic rings. The lowest BCUT2D eigenvalue weighted by molar-refractivity contribution is 0.0695. The molecule has 138 valence electrons. The van der Waals surface area contributed by atoms with Crippen LogP contribution in [0.1, 0.15) is 47.3 Å². The second kappa shape index (κ2) is 6.13. The topological polar surface area (TPSA) is 74.6 Å². The van der Waals surface area contributed by atoms with Gasteiger partial charge in [0.05, 0.1) is 5.52 Å². The molecule has 1 saturated carbocycles. The van der Waals surface area contributed by atoms with Crippen LogP contribution < -0.4 is 15.6 Å². The first-order chi connectivity index (χ1) is 12.4. The smallest absolute Gasteiger partial charge is 0.341 e. The largest absolute Gasteiger partial charge is 0.477 e. The van der Waals surface area contributed by atoms with Gasteiger partial charge in [-0.3, -0.25) is 4.79 Å². The molecular weight excluding hydrogens is 330 g/mol. The standard InChI is InChI=1S/C20H25N3O3/c1-11-9-22(7-6-21-11)16-8-17-18(13(3)12(16)2)19(24)15(20(25)26)10-23(17)14-4-5-14/h8,10-11,14,21H,4-7,9H2,1-3H3,(H,25,26). The number of nitrogens with zero attached hydrogens (tertiary/aromatic N) is 2. The Morgan fingerprint density at radius 3 is 2.62 bits per heavy atom. The van der Waals surface area contributed by atoms with Crippen LogP contribution in [0.15, 0.2) is 17.1 Å². The van der Waals surface area contributed by atoms with Gasteiger partial charge in [-0.2, -0.15) is 0 Å². The van der Waals surface area contributed by atoms with Gasteiger partial charge >= 0.3 is 5.97 Å². The molecule has 1 aromatic carbocycles. The summed E-state index contributed by atoms with van der Waals surface area (Å²) in [5.74, 6) is -1.15. The molecule has 6 nitrogen and oxygen atoms in total. The van der Waals surface area contributed by atoms with Crippen LogP contribution in [0.25, 0.3) is 10.9 Å². The van der Waals surface area contributed by atoms with Gasteiger partial charge in [0, 0.05) is 49.0 Å². The fourth-order valence-corrected chi connectivity index (χ4v) is 4.06. The summed E-state index contributed by atoms with van der Waals surface area (Å²) in [6.07, 6.45) is 3.61. The number of hydrogen-bond acceptors (Lipinski definition) is 4. The number of carboxylic acids is 1. The number of aryl methyl sites for hydroxylation is 1. The van der Waals surface area contributed by atoms with Crippen molar-refractivity contribution in [3.8, 4) is 0 Å². The number of anilines is 1. The molecule has 1 aliphatic heterocycles. The van der Waals surface area contributed by atoms with E-state index in [-0.39, 0.29) is 11.0 Å². The van der Waals surface area contributed by atoms with Gasteiger partial charge in [0.1, 0.15) is 5.56 Å². The highest BCUT2D eigenvalue weighted by Crippen LogP contribution is 2.39. The third-order valence-corrected chi connectivity index (χ3v) is 5.75. The molecule has 0 spiro atoms. The summed E-state index contributed by atoms with van der Waals surface area (Å²) in [7, 11) is 0. The number of aromatic nitrogens is 1. The molecule has 0 radical (unpaired) electrons. The number of carboxylic acid groups (broad SMARTS) is 1. The SMILES string of the molecule is Cc1c(N2CCNC(C)C2)cc2c(c1C)c(=O)c(C(=O)O)cn2C1CC1. The number of fused-ring (bicyclic) bond motifs is 1. The summed E-state index contributed by atoms with van der Waals surface area (Å²) >= 11 is 0. The van der Waals surface area contributed by atoms with Crippen LogP contribution in [0, 0.1) is 13.8 Å². The molecule has 1 unspecified atom stereocenters. The predicted molar refractivity (Wildman–Crippen MR) is 103 cm³/mol. The van der Waals surface area contributed by atoms with Gasteiger partial charge in [-0.25, -0.2) is 4.79 Å². The van der Waals surface area contributed by atoms with E-state index in [0.717, 1.165) is 54.8 Å². The first-order valence-electron chi connectivity index (χ1n) is 9.29. The summed E-state index contributed by atoms with van der Waals surface area (Å²) in [6, 6.07) is 2.81. The Hall–Kier alpha value is -2.34. The molecule has 6 heteroatoms. The summed E-state index contributed by atoms with van der Waals surface area (Å²) in [6.45, 7) is 8.94. The lowest BCUT2D eigenvalue weighted by atomic mass is 9.98. The Kier molecular flexibility index (Phi) is 4.03. The number of pyridine rings is 1. The van der Waals surface area contributed by atoms with E-state index in [0.29, 0.717) is 17.5 Å². The first-order valence-corrected chi connectivity index (χ1v) is 9.29. The van der Waals surface area contributed by atoms with Crippen LogP contribution in [0.4, 0.5) is 5.69 Å². The van der Waals surface area contributed by atoms with E-state index in [2.05, 4.69) is 23.2 Å². The Balaban J connectivity index is 1.99. The minimum absolute atomic E-state index is 0.129. The Morgan fingerprint density at radius 2 is 2.00 bits per heavy atom. The molecule has 2 aliphatic rings. The summed E-state index contributed by atoms with van der Waals surface area (Å²) < 4.78 is 2.02. The van der Waals surface area contributed by atoms with Crippen molar-refractivity contribution in [1.29, 1.82) is 0 Å². The monoisotopic (exact) mass is 355 g/mol. The third-order valence-electron chi connectivity index (χ3n) is 5.75. The molecule has 4 rings (SSSR count). The lowest BCUT2D eigenvalue weighted by Gasteiger charge is -2.35. The predicted octanol–water partition coefficient (Wildman–Crippen LogP) is 2.45. The van der Waals surface area contributed by atoms with Crippen LogP contribution in [0.5, 0.6) is 0 Å². The van der Waals surface area contributed by atoms with E-state index in [9.17, 15) is 14.7 Å². The van der Waals surface area contributed by atoms with Crippen molar-refractivity contribution >= 4 is 22.6 Å². The van der Waals surface area contributed by atoms with Gasteiger partial charge in [0.25, 0.3) is 0 Å². The maximum absolute atomic E-state index is 12.9. The number of piperazine rings is 1. The molecule has 2 N–H and O–H groups in total. The van der Waals surface area contributed by atoms with E-state index < -0.39 is 5.97 Å². The average Bonchev–Trinajstić information content (AvgIpc) is 3.42. The zero-order valence-corrected chi connectivity index (χ0v) is 15.5. The number of hydrogen-bond donors (Lipinski definition) is 2. The van der Waals surface area contributed by atoms with Gasteiger partial charge in [-0.1, -0.05) is 0 Å². The summed E-state index contributed by atoms with van der Waals surface area (Å²) in [5, 5.41) is 13.5. The highest BCUT2D eigenvalue weighted by molar-refractivity contribution is 5.95. The summed E-state index contributed by atoms with van der Waals surface area (Å²) in [5.41, 5.74) is 3.48. The van der Waals surface area contributed by atoms with Crippen LogP contribution >= 0.6 is 0 Å². The van der Waals surface area contributed by atoms with Crippen molar-refractivity contribution in [3.63, 3.8) is 0 Å². The van der Waals surface area contributed by atoms with E-state index in [1.165, 1.54) is 0 Å². The van der Waals surface area contributed by atoms with Gasteiger partial charge in [0.2, 0.25) is 5.43 Å². The van der Waals surface area contributed by atoms with Crippen molar-refractivity contribution in [2.75, 3.05) is 24.5 Å². The minimum Gasteiger partial charge on any atom is -0.477 e. The van der Waals surface area contributed by atoms with Crippen LogP contribution in [-0.2, 0) is 0 Å². The van der Waals surface area contributed by atoms with Gasteiger partial charge in [0.15, 0.2) is 0 Å². The lowest BCUT2D eigenvalue weighted by Crippen LogP contribution is -2.49. The number of benzene rings is 1. The van der Waals surface area contributed by atoms with Crippen LogP contribution in [0.2, 0.25) is 0 Å².